The molecule has 0 N–H and O–H groups in total. The van der Waals surface area contributed by atoms with Crippen molar-refractivity contribution in [2.45, 2.75) is 33.1 Å². The van der Waals surface area contributed by atoms with Gasteiger partial charge in [0.25, 0.3) is 5.95 Å². The molecule has 1 saturated heterocycles. The molecule has 3 aromatic heterocycles. The van der Waals surface area contributed by atoms with Gasteiger partial charge >= 0.3 is 0 Å². The van der Waals surface area contributed by atoms with Gasteiger partial charge < -0.3 is 4.90 Å². The van der Waals surface area contributed by atoms with Crippen LogP contribution in [0.25, 0.3) is 5.95 Å². The Balaban J connectivity index is 1.54. The molecule has 4 rings (SSSR count). The summed E-state index contributed by atoms with van der Waals surface area (Å²) in [7, 11) is 0. The summed E-state index contributed by atoms with van der Waals surface area (Å²) in [6, 6.07) is 6.31. The second kappa shape index (κ2) is 6.79. The van der Waals surface area contributed by atoms with E-state index in [0.29, 0.717) is 5.95 Å². The third-order valence-electron chi connectivity index (χ3n) is 4.30. The lowest BCUT2D eigenvalue weighted by Gasteiger charge is -2.27. The minimum absolute atomic E-state index is 0.592. The predicted molar refractivity (Wildman–Crippen MR) is 100.0 cm³/mol. The fraction of sp³-hybridized carbons (Fsp3) is 0.412. The summed E-state index contributed by atoms with van der Waals surface area (Å²) < 4.78 is 3.41. The van der Waals surface area contributed by atoms with Crippen LogP contribution in [-0.4, -0.2) is 44.0 Å². The van der Waals surface area contributed by atoms with Crippen LogP contribution in [0.5, 0.6) is 0 Å². The molecule has 8 heteroatoms. The van der Waals surface area contributed by atoms with Crippen molar-refractivity contribution in [1.29, 1.82) is 0 Å². The Morgan fingerprint density at radius 1 is 1.16 bits per heavy atom. The van der Waals surface area contributed by atoms with E-state index in [0.717, 1.165) is 29.4 Å². The first-order chi connectivity index (χ1) is 12.2. The van der Waals surface area contributed by atoms with E-state index in [1.54, 1.807) is 27.0 Å². The molecule has 0 radical (unpaired) electrons. The van der Waals surface area contributed by atoms with E-state index < -0.39 is 0 Å². The first-order valence-corrected chi connectivity index (χ1v) is 9.35. The Kier molecular flexibility index (Phi) is 4.35. The van der Waals surface area contributed by atoms with Gasteiger partial charge in [0.05, 0.1) is 16.9 Å². The van der Waals surface area contributed by atoms with Crippen LogP contribution in [0.4, 0.5) is 5.00 Å². The van der Waals surface area contributed by atoms with Gasteiger partial charge in [0.15, 0.2) is 0 Å². The molecule has 25 heavy (non-hydrogen) atoms. The van der Waals surface area contributed by atoms with Crippen LogP contribution in [0, 0.1) is 13.8 Å². The van der Waals surface area contributed by atoms with Crippen LogP contribution in [-0.2, 0) is 0 Å². The number of rotatable bonds is 4. The lowest BCUT2D eigenvalue weighted by atomic mass is 10.1. The van der Waals surface area contributed by atoms with E-state index in [9.17, 15) is 0 Å². The smallest absolute Gasteiger partial charge is 0.273 e. The number of aromatic nitrogens is 5. The van der Waals surface area contributed by atoms with Crippen molar-refractivity contribution in [3.8, 4) is 5.95 Å². The number of piperidine rings is 1. The average Bonchev–Trinajstić information content (AvgIpc) is 3.33. The summed E-state index contributed by atoms with van der Waals surface area (Å²) in [5.41, 5.74) is 1.95. The van der Waals surface area contributed by atoms with Gasteiger partial charge in [0.2, 0.25) is 0 Å². The summed E-state index contributed by atoms with van der Waals surface area (Å²) in [5, 5.41) is 18.4. The minimum Gasteiger partial charge on any atom is -0.363 e. The van der Waals surface area contributed by atoms with Crippen LogP contribution >= 0.6 is 11.3 Å². The zero-order chi connectivity index (χ0) is 17.2. The summed E-state index contributed by atoms with van der Waals surface area (Å²) >= 11 is 1.77. The van der Waals surface area contributed by atoms with Crippen molar-refractivity contribution < 1.29 is 0 Å². The highest BCUT2D eigenvalue weighted by Crippen LogP contribution is 2.27. The Morgan fingerprint density at radius 3 is 2.76 bits per heavy atom. The first kappa shape index (κ1) is 16.0. The van der Waals surface area contributed by atoms with Gasteiger partial charge in [-0.15, -0.1) is 21.5 Å². The molecule has 0 aliphatic carbocycles. The van der Waals surface area contributed by atoms with E-state index in [1.807, 2.05) is 26.1 Å². The number of hydrogen-bond acceptors (Lipinski definition) is 6. The lowest BCUT2D eigenvalue weighted by molar-refractivity contribution is 0.580. The molecule has 3 aromatic rings. The Bertz CT molecular complexity index is 883. The molecule has 0 atom stereocenters. The molecule has 1 fully saturated rings. The monoisotopic (exact) mass is 355 g/mol. The van der Waals surface area contributed by atoms with Crippen molar-refractivity contribution in [2.24, 2.45) is 5.10 Å². The zero-order valence-corrected chi connectivity index (χ0v) is 15.3. The van der Waals surface area contributed by atoms with Crippen molar-refractivity contribution >= 4 is 22.6 Å². The highest BCUT2D eigenvalue weighted by atomic mass is 32.1. The highest BCUT2D eigenvalue weighted by Gasteiger charge is 2.13. The maximum atomic E-state index is 4.52. The molecule has 0 amide bonds. The Hall–Kier alpha value is -2.48. The number of nitrogens with zero attached hydrogens (tertiary/aromatic N) is 7. The summed E-state index contributed by atoms with van der Waals surface area (Å²) in [4.78, 5) is 3.58. The number of hydrogen-bond donors (Lipinski definition) is 0. The van der Waals surface area contributed by atoms with Gasteiger partial charge in [0.1, 0.15) is 6.33 Å². The van der Waals surface area contributed by atoms with Crippen molar-refractivity contribution in [1.82, 2.24) is 24.7 Å². The Morgan fingerprint density at radius 2 is 2.00 bits per heavy atom. The van der Waals surface area contributed by atoms with Crippen molar-refractivity contribution in [3.63, 3.8) is 0 Å². The zero-order valence-electron chi connectivity index (χ0n) is 14.5. The van der Waals surface area contributed by atoms with Crippen molar-refractivity contribution in [2.75, 3.05) is 18.0 Å². The predicted octanol–water partition coefficient (Wildman–Crippen LogP) is 3.01. The van der Waals surface area contributed by atoms with Gasteiger partial charge in [-0.05, 0) is 51.3 Å². The van der Waals surface area contributed by atoms with Crippen LogP contribution < -0.4 is 4.90 Å². The van der Waals surface area contributed by atoms with Gasteiger partial charge in [0, 0.05) is 23.7 Å². The molecule has 1 aliphatic heterocycles. The minimum atomic E-state index is 0.592. The fourth-order valence-electron chi connectivity index (χ4n) is 3.09. The van der Waals surface area contributed by atoms with Gasteiger partial charge in [-0.3, -0.25) is 0 Å². The SMILES string of the molecule is Cc1cc(C)n(-c2nncn2/N=C\c2ccc(N3CCCCC3)s2)n1. The van der Waals surface area contributed by atoms with Gasteiger partial charge in [-0.1, -0.05) is 0 Å². The van der Waals surface area contributed by atoms with Gasteiger partial charge in [-0.2, -0.15) is 14.9 Å². The standard InChI is InChI=1S/C17H21N7S/c1-13-10-14(2)24(21-13)17-20-18-12-23(17)19-11-15-6-7-16(25-15)22-8-4-3-5-9-22/h6-7,10-12H,3-5,8-9H2,1-2H3/b19-11-. The molecule has 1 aliphatic rings. The largest absolute Gasteiger partial charge is 0.363 e. The molecule has 7 nitrogen and oxygen atoms in total. The maximum absolute atomic E-state index is 4.52. The van der Waals surface area contributed by atoms with Gasteiger partial charge in [-0.25, -0.2) is 4.68 Å². The molecule has 130 valence electrons. The second-order valence-electron chi connectivity index (χ2n) is 6.28. The van der Waals surface area contributed by atoms with Crippen LogP contribution in [0.1, 0.15) is 35.5 Å². The highest BCUT2D eigenvalue weighted by molar-refractivity contribution is 7.17. The summed E-state index contributed by atoms with van der Waals surface area (Å²) in [6.45, 7) is 6.27. The normalized spacial score (nSPS) is 15.4. The summed E-state index contributed by atoms with van der Waals surface area (Å²) in [5.74, 6) is 0.592. The van der Waals surface area contributed by atoms with E-state index in [4.69, 9.17) is 0 Å². The van der Waals surface area contributed by atoms with Crippen molar-refractivity contribution in [3.05, 3.63) is 40.8 Å². The lowest BCUT2D eigenvalue weighted by Crippen LogP contribution is -2.28. The summed E-state index contributed by atoms with van der Waals surface area (Å²) in [6.07, 6.45) is 7.37. The number of aryl methyl sites for hydroxylation is 2. The number of anilines is 1. The molecule has 0 saturated carbocycles. The van der Waals surface area contributed by atoms with E-state index in [-0.39, 0.29) is 0 Å². The fourth-order valence-corrected chi connectivity index (χ4v) is 4.02. The van der Waals surface area contributed by atoms with Crippen LogP contribution in [0.3, 0.4) is 0 Å². The average molecular weight is 355 g/mol. The van der Waals surface area contributed by atoms with E-state index >= 15 is 0 Å². The third-order valence-corrected chi connectivity index (χ3v) is 5.38. The third kappa shape index (κ3) is 3.34. The van der Waals surface area contributed by atoms with Crippen LogP contribution in [0.2, 0.25) is 0 Å². The van der Waals surface area contributed by atoms with Crippen LogP contribution in [0.15, 0.2) is 29.6 Å². The topological polar surface area (TPSA) is 64.1 Å². The first-order valence-electron chi connectivity index (χ1n) is 8.53. The molecule has 0 spiro atoms. The molecular formula is C17H21N7S. The second-order valence-corrected chi connectivity index (χ2v) is 7.38. The molecule has 0 bridgehead atoms. The molecular weight excluding hydrogens is 334 g/mol. The molecule has 4 heterocycles. The molecule has 0 unspecified atom stereocenters. The van der Waals surface area contributed by atoms with E-state index in [2.05, 4.69) is 37.4 Å². The number of thiophene rings is 1. The quantitative estimate of drug-likeness (QED) is 0.675. The maximum Gasteiger partial charge on any atom is 0.273 e. The Labute approximate surface area is 150 Å². The molecule has 0 aromatic carbocycles. The van der Waals surface area contributed by atoms with E-state index in [1.165, 1.54) is 24.3 Å².